The molecule has 0 bridgehead atoms. The summed E-state index contributed by atoms with van der Waals surface area (Å²) < 4.78 is 5.39. The first-order valence-corrected chi connectivity index (χ1v) is 8.66. The van der Waals surface area contributed by atoms with Crippen LogP contribution < -0.4 is 4.74 Å². The smallest absolute Gasteiger partial charge is 0.311 e. The molecule has 0 radical (unpaired) electrons. The van der Waals surface area contributed by atoms with E-state index in [1.54, 1.807) is 0 Å². The minimum Gasteiger partial charge on any atom is -0.427 e. The summed E-state index contributed by atoms with van der Waals surface area (Å²) in [5, 5.41) is 0. The third-order valence-corrected chi connectivity index (χ3v) is 3.93. The highest BCUT2D eigenvalue weighted by Gasteiger charge is 2.05. The van der Waals surface area contributed by atoms with E-state index in [2.05, 4.69) is 19.1 Å². The molecule has 0 saturated carbocycles. The average molecular weight is 310 g/mol. The van der Waals surface area contributed by atoms with Crippen molar-refractivity contribution in [3.05, 3.63) is 54.6 Å². The SMILES string of the molecule is CCCCCCCCC(=O)Oc1ccc(-c2ccccc2)cc1. The van der Waals surface area contributed by atoms with Crippen LogP contribution in [0, 0.1) is 0 Å². The van der Waals surface area contributed by atoms with Crippen LogP contribution in [0.15, 0.2) is 54.6 Å². The quantitative estimate of drug-likeness (QED) is 0.322. The van der Waals surface area contributed by atoms with E-state index in [4.69, 9.17) is 4.74 Å². The second-order valence-corrected chi connectivity index (χ2v) is 5.88. The Labute approximate surface area is 139 Å². The van der Waals surface area contributed by atoms with Gasteiger partial charge in [0.1, 0.15) is 5.75 Å². The number of ether oxygens (including phenoxy) is 1. The Morgan fingerprint density at radius 1 is 0.783 bits per heavy atom. The van der Waals surface area contributed by atoms with Crippen molar-refractivity contribution in [1.82, 2.24) is 0 Å². The summed E-state index contributed by atoms with van der Waals surface area (Å²) in [6.07, 6.45) is 7.57. The zero-order valence-corrected chi connectivity index (χ0v) is 14.0. The van der Waals surface area contributed by atoms with Crippen LogP contribution in [0.4, 0.5) is 0 Å². The maximum atomic E-state index is 11.8. The van der Waals surface area contributed by atoms with Gasteiger partial charge in [-0.05, 0) is 29.7 Å². The molecule has 0 N–H and O–H groups in total. The second kappa shape index (κ2) is 9.83. The van der Waals surface area contributed by atoms with Crippen LogP contribution in [0.2, 0.25) is 0 Å². The van der Waals surface area contributed by atoms with Gasteiger partial charge in [-0.1, -0.05) is 81.5 Å². The molecule has 2 aromatic rings. The summed E-state index contributed by atoms with van der Waals surface area (Å²) in [5.74, 6) is 0.494. The Kier molecular flexibility index (Phi) is 7.38. The van der Waals surface area contributed by atoms with Gasteiger partial charge in [0.25, 0.3) is 0 Å². The average Bonchev–Trinajstić information content (AvgIpc) is 2.59. The molecule has 0 saturated heterocycles. The second-order valence-electron chi connectivity index (χ2n) is 5.88. The predicted octanol–water partition coefficient (Wildman–Crippen LogP) is 6.01. The Bertz CT molecular complexity index is 573. The predicted molar refractivity (Wildman–Crippen MR) is 95.5 cm³/mol. The van der Waals surface area contributed by atoms with E-state index in [-0.39, 0.29) is 5.97 Å². The molecule has 0 atom stereocenters. The minimum absolute atomic E-state index is 0.132. The zero-order chi connectivity index (χ0) is 16.3. The van der Waals surface area contributed by atoms with Crippen LogP contribution in [0.25, 0.3) is 11.1 Å². The van der Waals surface area contributed by atoms with Crippen LogP contribution in [-0.4, -0.2) is 5.97 Å². The maximum Gasteiger partial charge on any atom is 0.311 e. The molecule has 2 aromatic carbocycles. The van der Waals surface area contributed by atoms with Gasteiger partial charge in [-0.15, -0.1) is 0 Å². The molecule has 23 heavy (non-hydrogen) atoms. The normalized spacial score (nSPS) is 10.5. The topological polar surface area (TPSA) is 26.3 Å². The summed E-state index contributed by atoms with van der Waals surface area (Å²) in [4.78, 5) is 11.8. The van der Waals surface area contributed by atoms with Gasteiger partial charge < -0.3 is 4.74 Å². The van der Waals surface area contributed by atoms with Crippen molar-refractivity contribution in [3.8, 4) is 16.9 Å². The highest BCUT2D eigenvalue weighted by molar-refractivity contribution is 5.73. The zero-order valence-electron chi connectivity index (χ0n) is 14.0. The monoisotopic (exact) mass is 310 g/mol. The number of hydrogen-bond donors (Lipinski definition) is 0. The van der Waals surface area contributed by atoms with Crippen LogP contribution in [0.1, 0.15) is 51.9 Å². The number of esters is 1. The van der Waals surface area contributed by atoms with Crippen molar-refractivity contribution in [2.75, 3.05) is 0 Å². The van der Waals surface area contributed by atoms with Gasteiger partial charge in [-0.2, -0.15) is 0 Å². The fourth-order valence-electron chi connectivity index (χ4n) is 2.58. The van der Waals surface area contributed by atoms with Crippen molar-refractivity contribution >= 4 is 5.97 Å². The highest BCUT2D eigenvalue weighted by atomic mass is 16.5. The lowest BCUT2D eigenvalue weighted by atomic mass is 10.1. The fraction of sp³-hybridized carbons (Fsp3) is 0.381. The van der Waals surface area contributed by atoms with Gasteiger partial charge in [0, 0.05) is 6.42 Å². The molecule has 0 aliphatic heterocycles. The van der Waals surface area contributed by atoms with E-state index in [0.29, 0.717) is 12.2 Å². The van der Waals surface area contributed by atoms with Crippen LogP contribution in [0.3, 0.4) is 0 Å². The molecule has 2 heteroatoms. The minimum atomic E-state index is -0.132. The standard InChI is InChI=1S/C21H26O2/c1-2-3-4-5-6-10-13-21(22)23-20-16-14-19(15-17-20)18-11-8-7-9-12-18/h7-9,11-12,14-17H,2-6,10,13H2,1H3. The molecule has 2 nitrogen and oxygen atoms in total. The Morgan fingerprint density at radius 2 is 1.39 bits per heavy atom. The van der Waals surface area contributed by atoms with Crippen molar-refractivity contribution in [1.29, 1.82) is 0 Å². The van der Waals surface area contributed by atoms with E-state index in [1.807, 2.05) is 42.5 Å². The molecule has 0 aromatic heterocycles. The lowest BCUT2D eigenvalue weighted by molar-refractivity contribution is -0.134. The molecule has 0 heterocycles. The van der Waals surface area contributed by atoms with E-state index < -0.39 is 0 Å². The molecular formula is C21H26O2. The van der Waals surface area contributed by atoms with Crippen molar-refractivity contribution < 1.29 is 9.53 Å². The van der Waals surface area contributed by atoms with Crippen molar-refractivity contribution in [2.24, 2.45) is 0 Å². The van der Waals surface area contributed by atoms with Gasteiger partial charge in [0.2, 0.25) is 0 Å². The largest absolute Gasteiger partial charge is 0.427 e. The van der Waals surface area contributed by atoms with Gasteiger partial charge >= 0.3 is 5.97 Å². The number of carbonyl (C=O) groups is 1. The van der Waals surface area contributed by atoms with Gasteiger partial charge in [-0.25, -0.2) is 0 Å². The van der Waals surface area contributed by atoms with Gasteiger partial charge in [-0.3, -0.25) is 4.79 Å². The first kappa shape index (κ1) is 17.3. The number of hydrogen-bond acceptors (Lipinski definition) is 2. The molecule has 0 spiro atoms. The molecule has 122 valence electrons. The first-order chi connectivity index (χ1) is 11.3. The van der Waals surface area contributed by atoms with E-state index in [1.165, 1.54) is 25.7 Å². The van der Waals surface area contributed by atoms with Crippen molar-refractivity contribution in [2.45, 2.75) is 51.9 Å². The summed E-state index contributed by atoms with van der Waals surface area (Å²) in [6, 6.07) is 17.9. The van der Waals surface area contributed by atoms with Gasteiger partial charge in [0.05, 0.1) is 0 Å². The molecule has 0 aliphatic carbocycles. The van der Waals surface area contributed by atoms with E-state index >= 15 is 0 Å². The fourth-order valence-corrected chi connectivity index (χ4v) is 2.58. The van der Waals surface area contributed by atoms with Crippen LogP contribution >= 0.6 is 0 Å². The van der Waals surface area contributed by atoms with Crippen LogP contribution in [-0.2, 0) is 4.79 Å². The van der Waals surface area contributed by atoms with Crippen molar-refractivity contribution in [3.63, 3.8) is 0 Å². The van der Waals surface area contributed by atoms with E-state index in [0.717, 1.165) is 24.0 Å². The summed E-state index contributed by atoms with van der Waals surface area (Å²) in [6.45, 7) is 2.21. The lowest BCUT2D eigenvalue weighted by Crippen LogP contribution is -2.07. The third-order valence-electron chi connectivity index (χ3n) is 3.93. The maximum absolute atomic E-state index is 11.8. The number of carbonyl (C=O) groups excluding carboxylic acids is 1. The summed E-state index contributed by atoms with van der Waals surface area (Å²) in [5.41, 5.74) is 2.29. The highest BCUT2D eigenvalue weighted by Crippen LogP contribution is 2.22. The molecular weight excluding hydrogens is 284 g/mol. The Morgan fingerprint density at radius 3 is 2.09 bits per heavy atom. The number of unbranched alkanes of at least 4 members (excludes halogenated alkanes) is 5. The molecule has 0 aliphatic rings. The lowest BCUT2D eigenvalue weighted by Gasteiger charge is -2.06. The number of rotatable bonds is 9. The molecule has 0 unspecified atom stereocenters. The molecule has 2 rings (SSSR count). The van der Waals surface area contributed by atoms with Crippen LogP contribution in [0.5, 0.6) is 5.75 Å². The molecule has 0 amide bonds. The summed E-state index contributed by atoms with van der Waals surface area (Å²) >= 11 is 0. The summed E-state index contributed by atoms with van der Waals surface area (Å²) in [7, 11) is 0. The first-order valence-electron chi connectivity index (χ1n) is 8.66. The van der Waals surface area contributed by atoms with Gasteiger partial charge in [0.15, 0.2) is 0 Å². The Balaban J connectivity index is 1.74. The molecule has 0 fully saturated rings. The third kappa shape index (κ3) is 6.27. The van der Waals surface area contributed by atoms with E-state index in [9.17, 15) is 4.79 Å². The number of benzene rings is 2. The Hall–Kier alpha value is -2.09.